The zero-order valence-corrected chi connectivity index (χ0v) is 24.5. The van der Waals surface area contributed by atoms with Gasteiger partial charge >= 0.3 is 0 Å². The third-order valence-corrected chi connectivity index (χ3v) is 8.66. The number of allylic oxidation sites excluding steroid dienone is 1. The summed E-state index contributed by atoms with van der Waals surface area (Å²) in [7, 11) is 0. The lowest BCUT2D eigenvalue weighted by molar-refractivity contribution is 0.248. The van der Waals surface area contributed by atoms with Gasteiger partial charge in [0.15, 0.2) is 0 Å². The minimum atomic E-state index is 0.939. The molecule has 0 unspecified atom stereocenters. The highest BCUT2D eigenvalue weighted by atomic mass is 14.3. The van der Waals surface area contributed by atoms with Crippen molar-refractivity contribution < 1.29 is 0 Å². The van der Waals surface area contributed by atoms with Crippen molar-refractivity contribution in [2.45, 2.75) is 129 Å². The van der Waals surface area contributed by atoms with Crippen molar-refractivity contribution >= 4 is 0 Å². The molecule has 1 aliphatic rings. The molecule has 0 heteroatoms. The molecule has 0 saturated heterocycles. The molecule has 0 nitrogen and oxygen atoms in total. The molecule has 3 rings (SSSR count). The fraction of sp³-hybridized carbons (Fsp3) is 0.579. The van der Waals surface area contributed by atoms with Gasteiger partial charge in [0.25, 0.3) is 0 Å². The summed E-state index contributed by atoms with van der Waals surface area (Å²) < 4.78 is 0. The van der Waals surface area contributed by atoms with Crippen molar-refractivity contribution in [1.29, 1.82) is 0 Å². The Bertz CT molecular complexity index is 928. The third-order valence-electron chi connectivity index (χ3n) is 8.66. The van der Waals surface area contributed by atoms with Crippen LogP contribution in [0.2, 0.25) is 0 Å². The van der Waals surface area contributed by atoms with Crippen LogP contribution in [0, 0.1) is 23.7 Å². The Morgan fingerprint density at radius 3 is 1.66 bits per heavy atom. The summed E-state index contributed by atoms with van der Waals surface area (Å²) >= 11 is 0. The van der Waals surface area contributed by atoms with E-state index in [2.05, 4.69) is 73.9 Å². The van der Waals surface area contributed by atoms with Gasteiger partial charge in [-0.1, -0.05) is 133 Å². The molecule has 1 saturated carbocycles. The predicted molar refractivity (Wildman–Crippen MR) is 168 cm³/mol. The van der Waals surface area contributed by atoms with Gasteiger partial charge in [-0.15, -0.1) is 6.58 Å². The molecule has 2 aromatic carbocycles. The number of hydrogen-bond acceptors (Lipinski definition) is 0. The van der Waals surface area contributed by atoms with Crippen molar-refractivity contribution in [2.24, 2.45) is 11.8 Å². The molecule has 0 aliphatic heterocycles. The highest BCUT2D eigenvalue weighted by molar-refractivity contribution is 5.44. The van der Waals surface area contributed by atoms with E-state index in [4.69, 9.17) is 0 Å². The summed E-state index contributed by atoms with van der Waals surface area (Å²) in [5.74, 6) is 8.65. The Labute approximate surface area is 235 Å². The quantitative estimate of drug-likeness (QED) is 0.113. The smallest absolute Gasteiger partial charge is 0.0249 e. The fourth-order valence-corrected chi connectivity index (χ4v) is 6.02. The van der Waals surface area contributed by atoms with Crippen molar-refractivity contribution in [3.63, 3.8) is 0 Å². The maximum atomic E-state index is 3.80. The maximum Gasteiger partial charge on any atom is 0.0249 e. The lowest BCUT2D eigenvalue weighted by Gasteiger charge is -2.28. The van der Waals surface area contributed by atoms with Crippen LogP contribution in [0.5, 0.6) is 0 Å². The van der Waals surface area contributed by atoms with E-state index in [1.54, 1.807) is 0 Å². The Morgan fingerprint density at radius 2 is 1.11 bits per heavy atom. The van der Waals surface area contributed by atoms with Crippen LogP contribution in [0.15, 0.2) is 61.2 Å². The zero-order chi connectivity index (χ0) is 26.7. The van der Waals surface area contributed by atoms with E-state index in [1.807, 2.05) is 6.08 Å². The molecule has 2 aromatic rings. The molecule has 38 heavy (non-hydrogen) atoms. The van der Waals surface area contributed by atoms with Crippen LogP contribution in [-0.4, -0.2) is 0 Å². The highest BCUT2D eigenvalue weighted by Gasteiger charge is 2.20. The molecule has 1 aliphatic carbocycles. The molecule has 0 radical (unpaired) electrons. The largest absolute Gasteiger partial charge is 0.103 e. The second-order valence-corrected chi connectivity index (χ2v) is 11.9. The van der Waals surface area contributed by atoms with Gasteiger partial charge in [-0.05, 0) is 85.8 Å². The Morgan fingerprint density at radius 1 is 0.605 bits per heavy atom. The third kappa shape index (κ3) is 12.5. The first-order valence-electron chi connectivity index (χ1n) is 16.1. The number of benzene rings is 2. The summed E-state index contributed by atoms with van der Waals surface area (Å²) in [5.41, 5.74) is 5.09. The van der Waals surface area contributed by atoms with Crippen molar-refractivity contribution in [1.82, 2.24) is 0 Å². The van der Waals surface area contributed by atoms with Gasteiger partial charge in [0.2, 0.25) is 0 Å². The van der Waals surface area contributed by atoms with Gasteiger partial charge in [0, 0.05) is 11.1 Å². The monoisotopic (exact) mass is 510 g/mol. The summed E-state index contributed by atoms with van der Waals surface area (Å²) in [4.78, 5) is 0. The Kier molecular flexibility index (Phi) is 15.1. The number of rotatable bonds is 17. The summed E-state index contributed by atoms with van der Waals surface area (Å²) in [6.45, 7) is 6.10. The number of aryl methyl sites for hydroxylation is 2. The van der Waals surface area contributed by atoms with Crippen molar-refractivity contribution in [3.8, 4) is 11.8 Å². The first-order chi connectivity index (χ1) is 18.8. The van der Waals surface area contributed by atoms with E-state index >= 15 is 0 Å². The van der Waals surface area contributed by atoms with Gasteiger partial charge in [0.05, 0.1) is 0 Å². The van der Waals surface area contributed by atoms with Crippen LogP contribution in [0.3, 0.4) is 0 Å². The van der Waals surface area contributed by atoms with Crippen LogP contribution in [0.25, 0.3) is 0 Å². The molecule has 206 valence electrons. The lowest BCUT2D eigenvalue weighted by atomic mass is 9.77. The van der Waals surface area contributed by atoms with Crippen LogP contribution in [-0.2, 0) is 12.8 Å². The SMILES string of the molecule is C=CCCCCc1ccc(C#Cc2ccc(CCC3CCC(CCCCCCCCCC)CC3)cc2)cc1. The Balaban J connectivity index is 1.28. The molecule has 1 fully saturated rings. The number of unbranched alkanes of at least 4 members (excludes halogenated alkanes) is 9. The highest BCUT2D eigenvalue weighted by Crippen LogP contribution is 2.34. The van der Waals surface area contributed by atoms with E-state index in [0.717, 1.165) is 35.8 Å². The molecule has 0 spiro atoms. The van der Waals surface area contributed by atoms with Gasteiger partial charge in [-0.2, -0.15) is 0 Å². The standard InChI is InChI=1S/C38H54/c1-3-5-7-9-10-11-12-14-16-34-19-23-36(24-20-34)26-28-38-31-29-37(30-32-38)27-25-35-21-17-33(18-22-35)15-13-8-6-4-2/h4,17-18,21-22,29-32,34,36H,2-3,5-16,19-20,23-24,26,28H2,1H3. The average Bonchev–Trinajstić information content (AvgIpc) is 2.96. The normalized spacial score (nSPS) is 17.1. The summed E-state index contributed by atoms with van der Waals surface area (Å²) in [6, 6.07) is 17.8. The zero-order valence-electron chi connectivity index (χ0n) is 24.5. The van der Waals surface area contributed by atoms with E-state index in [9.17, 15) is 0 Å². The molecule has 0 bridgehead atoms. The first-order valence-corrected chi connectivity index (χ1v) is 16.1. The number of hydrogen-bond donors (Lipinski definition) is 0. The minimum absolute atomic E-state index is 0.939. The molecular weight excluding hydrogens is 456 g/mol. The minimum Gasteiger partial charge on any atom is -0.103 e. The van der Waals surface area contributed by atoms with Gasteiger partial charge in [-0.3, -0.25) is 0 Å². The molecule has 0 atom stereocenters. The molecule has 0 aromatic heterocycles. The van der Waals surface area contributed by atoms with Gasteiger partial charge in [0.1, 0.15) is 0 Å². The van der Waals surface area contributed by atoms with Gasteiger partial charge < -0.3 is 0 Å². The summed E-state index contributed by atoms with van der Waals surface area (Å²) in [5, 5.41) is 0. The average molecular weight is 511 g/mol. The molecule has 0 N–H and O–H groups in total. The second kappa shape index (κ2) is 18.9. The van der Waals surface area contributed by atoms with Gasteiger partial charge in [-0.25, -0.2) is 0 Å². The first kappa shape index (κ1) is 30.3. The van der Waals surface area contributed by atoms with E-state index in [-0.39, 0.29) is 0 Å². The van der Waals surface area contributed by atoms with Crippen LogP contribution in [0.1, 0.15) is 138 Å². The molecule has 0 heterocycles. The second-order valence-electron chi connectivity index (χ2n) is 11.9. The van der Waals surface area contributed by atoms with Crippen molar-refractivity contribution in [3.05, 3.63) is 83.4 Å². The van der Waals surface area contributed by atoms with E-state index in [1.165, 1.54) is 120 Å². The lowest BCUT2D eigenvalue weighted by Crippen LogP contribution is -2.15. The molecule has 0 amide bonds. The topological polar surface area (TPSA) is 0 Å². The molecular formula is C38H54. The van der Waals surface area contributed by atoms with E-state index < -0.39 is 0 Å². The van der Waals surface area contributed by atoms with Crippen molar-refractivity contribution in [2.75, 3.05) is 0 Å². The van der Waals surface area contributed by atoms with Crippen LogP contribution < -0.4 is 0 Å². The summed E-state index contributed by atoms with van der Waals surface area (Å²) in [6.07, 6.45) is 28.2. The van der Waals surface area contributed by atoms with E-state index in [0.29, 0.717) is 0 Å². The Hall–Kier alpha value is -2.26. The predicted octanol–water partition coefficient (Wildman–Crippen LogP) is 11.3. The maximum absolute atomic E-state index is 3.80. The fourth-order valence-electron chi connectivity index (χ4n) is 6.02. The van der Waals surface area contributed by atoms with Crippen LogP contribution >= 0.6 is 0 Å². The van der Waals surface area contributed by atoms with Crippen LogP contribution in [0.4, 0.5) is 0 Å².